The van der Waals surface area contributed by atoms with Crippen molar-refractivity contribution in [3.05, 3.63) is 63.3 Å². The summed E-state index contributed by atoms with van der Waals surface area (Å²) in [7, 11) is 0. The number of para-hydroxylation sites is 1. The number of anilines is 1. The lowest BCUT2D eigenvalue weighted by atomic mass is 10.1. The maximum absolute atomic E-state index is 13.5. The van der Waals surface area contributed by atoms with Crippen molar-refractivity contribution in [2.45, 2.75) is 20.4 Å². The van der Waals surface area contributed by atoms with E-state index in [1.54, 1.807) is 26.0 Å². The summed E-state index contributed by atoms with van der Waals surface area (Å²) in [6, 6.07) is 9.27. The van der Waals surface area contributed by atoms with Gasteiger partial charge in [0.15, 0.2) is 0 Å². The predicted octanol–water partition coefficient (Wildman–Crippen LogP) is 2.11. The summed E-state index contributed by atoms with van der Waals surface area (Å²) in [5, 5.41) is 11.4. The van der Waals surface area contributed by atoms with Crippen molar-refractivity contribution in [1.29, 1.82) is 5.26 Å². The number of aryl methyl sites for hydroxylation is 2. The molecule has 0 aliphatic heterocycles. The van der Waals surface area contributed by atoms with E-state index in [1.807, 2.05) is 6.07 Å². The lowest BCUT2D eigenvalue weighted by Crippen LogP contribution is -2.31. The van der Waals surface area contributed by atoms with Crippen LogP contribution >= 0.6 is 0 Å². The molecule has 5 nitrogen and oxygen atoms in total. The van der Waals surface area contributed by atoms with Crippen molar-refractivity contribution >= 4 is 11.6 Å². The zero-order valence-corrected chi connectivity index (χ0v) is 12.2. The van der Waals surface area contributed by atoms with Gasteiger partial charge < -0.3 is 9.88 Å². The fraction of sp³-hybridized carbons (Fsp3) is 0.188. The molecule has 0 aliphatic rings. The van der Waals surface area contributed by atoms with Crippen LogP contribution in [0.3, 0.4) is 0 Å². The number of pyridine rings is 1. The summed E-state index contributed by atoms with van der Waals surface area (Å²) in [6.45, 7) is 3.05. The van der Waals surface area contributed by atoms with E-state index in [4.69, 9.17) is 5.26 Å². The molecular weight excluding hydrogens is 285 g/mol. The highest BCUT2D eigenvalue weighted by Crippen LogP contribution is 2.12. The molecule has 22 heavy (non-hydrogen) atoms. The van der Waals surface area contributed by atoms with Gasteiger partial charge in [-0.2, -0.15) is 5.26 Å². The number of hydrogen-bond acceptors (Lipinski definition) is 3. The van der Waals surface area contributed by atoms with Gasteiger partial charge in [0.05, 0.1) is 5.69 Å². The van der Waals surface area contributed by atoms with Crippen molar-refractivity contribution in [1.82, 2.24) is 4.57 Å². The van der Waals surface area contributed by atoms with Gasteiger partial charge in [-0.3, -0.25) is 9.59 Å². The van der Waals surface area contributed by atoms with E-state index in [0.717, 1.165) is 0 Å². The van der Waals surface area contributed by atoms with Crippen LogP contribution in [0.5, 0.6) is 0 Å². The van der Waals surface area contributed by atoms with E-state index < -0.39 is 17.3 Å². The van der Waals surface area contributed by atoms with Gasteiger partial charge in [-0.1, -0.05) is 12.1 Å². The number of rotatable bonds is 3. The van der Waals surface area contributed by atoms with Gasteiger partial charge in [-0.15, -0.1) is 0 Å². The Morgan fingerprint density at radius 3 is 2.68 bits per heavy atom. The molecular formula is C16H14FN3O2. The molecule has 0 bridgehead atoms. The molecule has 0 saturated carbocycles. The second kappa shape index (κ2) is 6.22. The Morgan fingerprint density at radius 1 is 1.36 bits per heavy atom. The summed E-state index contributed by atoms with van der Waals surface area (Å²) >= 11 is 0. The minimum absolute atomic E-state index is 0.00397. The molecule has 0 unspecified atom stereocenters. The summed E-state index contributed by atoms with van der Waals surface area (Å²) in [4.78, 5) is 24.2. The number of halogens is 1. The summed E-state index contributed by atoms with van der Waals surface area (Å²) in [6.07, 6.45) is 0. The van der Waals surface area contributed by atoms with Crippen LogP contribution in [0.15, 0.2) is 35.1 Å². The third-order valence-electron chi connectivity index (χ3n) is 3.27. The fourth-order valence-corrected chi connectivity index (χ4v) is 2.16. The molecule has 1 heterocycles. The van der Waals surface area contributed by atoms with Gasteiger partial charge in [0, 0.05) is 5.69 Å². The van der Waals surface area contributed by atoms with Gasteiger partial charge in [-0.25, -0.2) is 4.39 Å². The van der Waals surface area contributed by atoms with Crippen LogP contribution in [0.25, 0.3) is 0 Å². The lowest BCUT2D eigenvalue weighted by molar-refractivity contribution is -0.116. The number of amides is 1. The predicted molar refractivity (Wildman–Crippen MR) is 79.9 cm³/mol. The highest BCUT2D eigenvalue weighted by atomic mass is 19.1. The molecule has 1 N–H and O–H groups in total. The molecule has 6 heteroatoms. The van der Waals surface area contributed by atoms with Crippen molar-refractivity contribution in [3.63, 3.8) is 0 Å². The lowest BCUT2D eigenvalue weighted by Gasteiger charge is -2.12. The monoisotopic (exact) mass is 299 g/mol. The first-order valence-electron chi connectivity index (χ1n) is 6.59. The Bertz CT molecular complexity index is 834. The second-order valence-electron chi connectivity index (χ2n) is 4.87. The average molecular weight is 299 g/mol. The zero-order valence-electron chi connectivity index (χ0n) is 12.2. The molecule has 0 fully saturated rings. The Hall–Kier alpha value is -2.94. The maximum Gasteiger partial charge on any atom is 0.269 e. The third kappa shape index (κ3) is 3.04. The Balaban J connectivity index is 2.29. The average Bonchev–Trinajstić information content (AvgIpc) is 2.46. The van der Waals surface area contributed by atoms with Gasteiger partial charge in [0.2, 0.25) is 5.91 Å². The molecule has 1 aromatic carbocycles. The van der Waals surface area contributed by atoms with Crippen LogP contribution < -0.4 is 10.9 Å². The van der Waals surface area contributed by atoms with Crippen LogP contribution in [0.4, 0.5) is 10.1 Å². The molecule has 1 aromatic heterocycles. The van der Waals surface area contributed by atoms with Crippen molar-refractivity contribution < 1.29 is 9.18 Å². The van der Waals surface area contributed by atoms with E-state index in [-0.39, 0.29) is 17.8 Å². The number of aromatic nitrogens is 1. The number of nitrogens with zero attached hydrogens (tertiary/aromatic N) is 2. The fourth-order valence-electron chi connectivity index (χ4n) is 2.16. The van der Waals surface area contributed by atoms with Crippen LogP contribution in [-0.4, -0.2) is 10.5 Å². The van der Waals surface area contributed by atoms with Gasteiger partial charge in [0.25, 0.3) is 5.56 Å². The number of carbonyl (C=O) groups is 1. The largest absolute Gasteiger partial charge is 0.322 e. The number of nitriles is 1. The summed E-state index contributed by atoms with van der Waals surface area (Å²) in [5.74, 6) is -1.09. The van der Waals surface area contributed by atoms with Crippen molar-refractivity contribution in [3.8, 4) is 6.07 Å². The Morgan fingerprint density at radius 2 is 2.05 bits per heavy atom. The van der Waals surface area contributed by atoms with E-state index in [2.05, 4.69) is 5.32 Å². The summed E-state index contributed by atoms with van der Waals surface area (Å²) in [5.41, 5.74) is 0.653. The van der Waals surface area contributed by atoms with Gasteiger partial charge >= 0.3 is 0 Å². The first-order chi connectivity index (χ1) is 10.4. The van der Waals surface area contributed by atoms with Crippen LogP contribution in [0, 0.1) is 31.0 Å². The molecule has 0 radical (unpaired) electrons. The van der Waals surface area contributed by atoms with Crippen molar-refractivity contribution in [2.75, 3.05) is 5.32 Å². The van der Waals surface area contributed by atoms with E-state index in [9.17, 15) is 14.0 Å². The zero-order chi connectivity index (χ0) is 16.3. The second-order valence-corrected chi connectivity index (χ2v) is 4.87. The molecule has 2 aromatic rings. The van der Waals surface area contributed by atoms with E-state index in [1.165, 1.54) is 22.8 Å². The van der Waals surface area contributed by atoms with Crippen LogP contribution in [0.2, 0.25) is 0 Å². The number of nitrogens with one attached hydrogen (secondary N) is 1. The first-order valence-corrected chi connectivity index (χ1v) is 6.59. The highest BCUT2D eigenvalue weighted by molar-refractivity contribution is 5.90. The molecule has 0 spiro atoms. The topological polar surface area (TPSA) is 74.9 Å². The minimum Gasteiger partial charge on any atom is -0.322 e. The summed E-state index contributed by atoms with van der Waals surface area (Å²) < 4.78 is 14.7. The first kappa shape index (κ1) is 15.4. The quantitative estimate of drug-likeness (QED) is 0.943. The minimum atomic E-state index is -0.554. The maximum atomic E-state index is 13.5. The van der Waals surface area contributed by atoms with Gasteiger partial charge in [-0.05, 0) is 37.6 Å². The molecule has 112 valence electrons. The Kier molecular flexibility index (Phi) is 4.37. The van der Waals surface area contributed by atoms with Crippen LogP contribution in [-0.2, 0) is 11.3 Å². The van der Waals surface area contributed by atoms with Crippen LogP contribution in [0.1, 0.15) is 16.8 Å². The normalized spacial score (nSPS) is 10.1. The van der Waals surface area contributed by atoms with Crippen molar-refractivity contribution in [2.24, 2.45) is 0 Å². The number of carbonyl (C=O) groups excluding carboxylic acids is 1. The van der Waals surface area contributed by atoms with E-state index >= 15 is 0 Å². The van der Waals surface area contributed by atoms with Gasteiger partial charge in [0.1, 0.15) is 24.0 Å². The third-order valence-corrected chi connectivity index (χ3v) is 3.27. The number of benzene rings is 1. The van der Waals surface area contributed by atoms with E-state index in [0.29, 0.717) is 11.3 Å². The molecule has 2 rings (SSSR count). The molecule has 0 aliphatic carbocycles. The molecule has 0 atom stereocenters. The smallest absolute Gasteiger partial charge is 0.269 e. The standard InChI is InChI=1S/C16H14FN3O2/c1-10-7-11(2)20(16(22)12(10)8-18)9-15(21)19-14-6-4-3-5-13(14)17/h3-7H,9H2,1-2H3,(H,19,21). The highest BCUT2D eigenvalue weighted by Gasteiger charge is 2.13. The molecule has 1 amide bonds. The molecule has 0 saturated heterocycles. The Labute approximate surface area is 126 Å². The number of hydrogen-bond donors (Lipinski definition) is 1. The SMILES string of the molecule is Cc1cc(C)n(CC(=O)Nc2ccccc2F)c(=O)c1C#N.